The maximum atomic E-state index is 9.07. The highest BCUT2D eigenvalue weighted by molar-refractivity contribution is 6.08. The van der Waals surface area contributed by atoms with Crippen LogP contribution in [0.1, 0.15) is 0 Å². The summed E-state index contributed by atoms with van der Waals surface area (Å²) in [6.45, 7) is 0. The highest BCUT2D eigenvalue weighted by atomic mass is 16.3. The SMILES string of the molecule is OC1=C2C=CN=C2N=C[N]1. The molecule has 0 aromatic carbocycles. The number of aliphatic hydroxyl groups excluding tert-OH is 1. The quantitative estimate of drug-likeness (QED) is 0.509. The molecule has 49 valence electrons. The fourth-order valence-corrected chi connectivity index (χ4v) is 0.812. The lowest BCUT2D eigenvalue weighted by Gasteiger charge is -2.04. The minimum absolute atomic E-state index is 0.0116. The molecule has 10 heavy (non-hydrogen) atoms. The van der Waals surface area contributed by atoms with Crippen LogP contribution < -0.4 is 5.32 Å². The average molecular weight is 134 g/mol. The van der Waals surface area contributed by atoms with E-state index < -0.39 is 0 Å². The van der Waals surface area contributed by atoms with Gasteiger partial charge in [-0.3, -0.25) is 0 Å². The first-order chi connectivity index (χ1) is 4.88. The van der Waals surface area contributed by atoms with Crippen molar-refractivity contribution >= 4 is 12.2 Å². The van der Waals surface area contributed by atoms with E-state index in [9.17, 15) is 0 Å². The molecule has 2 heterocycles. The molecule has 0 amide bonds. The van der Waals surface area contributed by atoms with Crippen molar-refractivity contribution in [2.24, 2.45) is 9.98 Å². The van der Waals surface area contributed by atoms with E-state index in [1.807, 2.05) is 0 Å². The number of hydrogen-bond donors (Lipinski definition) is 1. The molecule has 1 N–H and O–H groups in total. The van der Waals surface area contributed by atoms with Gasteiger partial charge in [-0.05, 0) is 6.08 Å². The summed E-state index contributed by atoms with van der Waals surface area (Å²) in [5.41, 5.74) is 0.600. The van der Waals surface area contributed by atoms with Gasteiger partial charge in [-0.1, -0.05) is 0 Å². The minimum atomic E-state index is -0.0116. The molecule has 1 radical (unpaired) electrons. The van der Waals surface area contributed by atoms with Crippen molar-refractivity contribution in [2.45, 2.75) is 0 Å². The number of rotatable bonds is 0. The fourth-order valence-electron chi connectivity index (χ4n) is 0.812. The topological polar surface area (TPSA) is 59.1 Å². The van der Waals surface area contributed by atoms with E-state index >= 15 is 0 Å². The van der Waals surface area contributed by atoms with E-state index in [1.54, 1.807) is 12.3 Å². The average Bonchev–Trinajstić information content (AvgIpc) is 2.36. The van der Waals surface area contributed by atoms with Crippen molar-refractivity contribution in [2.75, 3.05) is 0 Å². The molecule has 4 heteroatoms. The Morgan fingerprint density at radius 1 is 1.40 bits per heavy atom. The van der Waals surface area contributed by atoms with Crippen LogP contribution in [0.3, 0.4) is 0 Å². The van der Waals surface area contributed by atoms with Crippen molar-refractivity contribution < 1.29 is 5.11 Å². The van der Waals surface area contributed by atoms with Gasteiger partial charge in [0.1, 0.15) is 6.34 Å². The molecule has 0 aromatic rings. The van der Waals surface area contributed by atoms with Gasteiger partial charge in [0.2, 0.25) is 5.88 Å². The lowest BCUT2D eigenvalue weighted by Crippen LogP contribution is -2.14. The summed E-state index contributed by atoms with van der Waals surface area (Å²) in [6.07, 6.45) is 4.54. The predicted molar refractivity (Wildman–Crippen MR) is 36.9 cm³/mol. The van der Waals surface area contributed by atoms with Gasteiger partial charge in [-0.25, -0.2) is 15.3 Å². The molecule has 0 spiro atoms. The molecular weight excluding hydrogens is 130 g/mol. The zero-order valence-corrected chi connectivity index (χ0v) is 5.02. The lowest BCUT2D eigenvalue weighted by atomic mass is 10.2. The smallest absolute Gasteiger partial charge is 0.223 e. The van der Waals surface area contributed by atoms with Gasteiger partial charge in [0, 0.05) is 6.20 Å². The van der Waals surface area contributed by atoms with Crippen LogP contribution in [0.5, 0.6) is 0 Å². The summed E-state index contributed by atoms with van der Waals surface area (Å²) < 4.78 is 0. The van der Waals surface area contributed by atoms with E-state index in [-0.39, 0.29) is 5.88 Å². The van der Waals surface area contributed by atoms with Crippen LogP contribution in [0, 0.1) is 0 Å². The second kappa shape index (κ2) is 1.70. The summed E-state index contributed by atoms with van der Waals surface area (Å²) in [6, 6.07) is 0. The summed E-state index contributed by atoms with van der Waals surface area (Å²) in [5, 5.41) is 12.7. The second-order valence-corrected chi connectivity index (χ2v) is 1.88. The summed E-state index contributed by atoms with van der Waals surface area (Å²) >= 11 is 0. The number of nitrogens with zero attached hydrogens (tertiary/aromatic N) is 3. The zero-order valence-electron chi connectivity index (χ0n) is 5.02. The third-order valence-electron chi connectivity index (χ3n) is 1.28. The third kappa shape index (κ3) is 0.556. The Kier molecular flexibility index (Phi) is 0.887. The van der Waals surface area contributed by atoms with Gasteiger partial charge in [0.25, 0.3) is 0 Å². The van der Waals surface area contributed by atoms with E-state index in [2.05, 4.69) is 15.3 Å². The molecule has 0 bridgehead atoms. The Labute approximate surface area is 57.3 Å². The normalized spacial score (nSPS) is 20.6. The zero-order chi connectivity index (χ0) is 6.97. The van der Waals surface area contributed by atoms with Gasteiger partial charge in [-0.2, -0.15) is 0 Å². The second-order valence-electron chi connectivity index (χ2n) is 1.88. The predicted octanol–water partition coefficient (Wildman–Crippen LogP) is 0.328. The summed E-state index contributed by atoms with van der Waals surface area (Å²) in [5.74, 6) is 0.523. The number of amidine groups is 1. The molecule has 4 nitrogen and oxygen atoms in total. The largest absolute Gasteiger partial charge is 0.493 e. The summed E-state index contributed by atoms with van der Waals surface area (Å²) in [4.78, 5) is 7.69. The Bertz CT molecular complexity index is 285. The van der Waals surface area contributed by atoms with E-state index in [4.69, 9.17) is 5.11 Å². The summed E-state index contributed by atoms with van der Waals surface area (Å²) in [7, 11) is 0. The number of aliphatic imine (C=N–C) groups is 2. The van der Waals surface area contributed by atoms with E-state index in [0.717, 1.165) is 0 Å². The molecular formula is C6H4N3O. The van der Waals surface area contributed by atoms with Crippen LogP contribution in [0.15, 0.2) is 33.7 Å². The fraction of sp³-hybridized carbons (Fsp3) is 0. The number of fused-ring (bicyclic) bond motifs is 1. The van der Waals surface area contributed by atoms with Gasteiger partial charge >= 0.3 is 0 Å². The van der Waals surface area contributed by atoms with Crippen LogP contribution in [0.2, 0.25) is 0 Å². The van der Waals surface area contributed by atoms with Crippen molar-refractivity contribution in [3.8, 4) is 0 Å². The van der Waals surface area contributed by atoms with Crippen LogP contribution in [0.25, 0.3) is 0 Å². The van der Waals surface area contributed by atoms with Crippen LogP contribution in [0.4, 0.5) is 0 Å². The first kappa shape index (κ1) is 5.22. The van der Waals surface area contributed by atoms with Crippen LogP contribution in [-0.2, 0) is 0 Å². The number of aliphatic hydroxyl groups is 1. The Morgan fingerprint density at radius 3 is 3.10 bits per heavy atom. The molecule has 0 aliphatic carbocycles. The molecule has 0 saturated heterocycles. The molecule has 0 atom stereocenters. The van der Waals surface area contributed by atoms with E-state index in [1.165, 1.54) is 6.34 Å². The maximum absolute atomic E-state index is 9.07. The Morgan fingerprint density at radius 2 is 2.30 bits per heavy atom. The molecule has 0 unspecified atom stereocenters. The van der Waals surface area contributed by atoms with Gasteiger partial charge in [-0.15, -0.1) is 0 Å². The van der Waals surface area contributed by atoms with Crippen LogP contribution >= 0.6 is 0 Å². The minimum Gasteiger partial charge on any atom is -0.493 e. The van der Waals surface area contributed by atoms with Crippen molar-refractivity contribution in [3.05, 3.63) is 23.7 Å². The van der Waals surface area contributed by atoms with Crippen molar-refractivity contribution in [1.82, 2.24) is 5.32 Å². The number of hydrogen-bond acceptors (Lipinski definition) is 3. The Balaban J connectivity index is 2.52. The third-order valence-corrected chi connectivity index (χ3v) is 1.28. The monoisotopic (exact) mass is 134 g/mol. The van der Waals surface area contributed by atoms with Gasteiger partial charge in [0.05, 0.1) is 5.57 Å². The highest BCUT2D eigenvalue weighted by Gasteiger charge is 2.16. The maximum Gasteiger partial charge on any atom is 0.223 e. The standard InChI is InChI=1S/C6H4N3O/c10-6-4-1-2-7-5(4)8-3-9-6/h1-3,10H. The van der Waals surface area contributed by atoms with Gasteiger partial charge < -0.3 is 5.11 Å². The van der Waals surface area contributed by atoms with E-state index in [0.29, 0.717) is 11.4 Å². The van der Waals surface area contributed by atoms with Crippen LogP contribution in [-0.4, -0.2) is 17.3 Å². The molecule has 0 fully saturated rings. The molecule has 2 rings (SSSR count). The van der Waals surface area contributed by atoms with Crippen molar-refractivity contribution in [1.29, 1.82) is 0 Å². The lowest BCUT2D eigenvalue weighted by molar-refractivity contribution is 0.384. The molecule has 2 aliphatic heterocycles. The highest BCUT2D eigenvalue weighted by Crippen LogP contribution is 2.14. The van der Waals surface area contributed by atoms with Gasteiger partial charge in [0.15, 0.2) is 5.84 Å². The first-order valence-corrected chi connectivity index (χ1v) is 2.79. The van der Waals surface area contributed by atoms with Crippen molar-refractivity contribution in [3.63, 3.8) is 0 Å². The first-order valence-electron chi connectivity index (χ1n) is 2.79. The molecule has 0 aromatic heterocycles. The molecule has 2 aliphatic rings. The molecule has 0 saturated carbocycles. The Hall–Kier alpha value is -1.58.